The van der Waals surface area contributed by atoms with Gasteiger partial charge in [0.15, 0.2) is 5.65 Å². The number of benzene rings is 2. The first-order valence-electron chi connectivity index (χ1n) is 11.1. The molecule has 0 atom stereocenters. The van der Waals surface area contributed by atoms with E-state index in [-0.39, 0.29) is 28.3 Å². The monoisotopic (exact) mass is 505 g/mol. The molecule has 188 valence electrons. The Hall–Kier alpha value is -4.84. The van der Waals surface area contributed by atoms with Crippen LogP contribution in [0.15, 0.2) is 73.3 Å². The van der Waals surface area contributed by atoms with Gasteiger partial charge in [-0.3, -0.25) is 9.48 Å². The number of anilines is 1. The van der Waals surface area contributed by atoms with E-state index in [1.54, 1.807) is 43.8 Å². The lowest BCUT2D eigenvalue weighted by molar-refractivity contribution is -0.0494. The predicted molar refractivity (Wildman–Crippen MR) is 131 cm³/mol. The minimum atomic E-state index is -3.07. The summed E-state index contributed by atoms with van der Waals surface area (Å²) in [7, 11) is 1.64. The summed E-state index contributed by atoms with van der Waals surface area (Å²) in [4.78, 5) is 17.3. The molecule has 0 aliphatic rings. The van der Waals surface area contributed by atoms with Gasteiger partial charge in [0.05, 0.1) is 17.4 Å². The van der Waals surface area contributed by atoms with E-state index in [0.29, 0.717) is 23.7 Å². The lowest BCUT2D eigenvalue weighted by Gasteiger charge is -2.13. The van der Waals surface area contributed by atoms with Crippen LogP contribution >= 0.6 is 0 Å². The van der Waals surface area contributed by atoms with Crippen LogP contribution in [-0.2, 0) is 13.6 Å². The summed E-state index contributed by atoms with van der Waals surface area (Å²) >= 11 is 0. The van der Waals surface area contributed by atoms with Crippen molar-refractivity contribution in [1.82, 2.24) is 24.4 Å². The van der Waals surface area contributed by atoms with E-state index in [0.717, 1.165) is 5.56 Å². The van der Waals surface area contributed by atoms with Gasteiger partial charge in [-0.25, -0.2) is 9.50 Å². The Morgan fingerprint density at radius 3 is 2.70 bits per heavy atom. The zero-order valence-corrected chi connectivity index (χ0v) is 19.5. The van der Waals surface area contributed by atoms with Gasteiger partial charge in [-0.2, -0.15) is 19.0 Å². The maximum atomic E-state index is 13.2. The number of ether oxygens (including phenoxy) is 2. The van der Waals surface area contributed by atoms with E-state index in [1.807, 2.05) is 12.1 Å². The molecular formula is C25H21F2N7O3. The Labute approximate surface area is 209 Å². The molecule has 5 rings (SSSR count). The second-order valence-electron chi connectivity index (χ2n) is 7.95. The van der Waals surface area contributed by atoms with Crippen LogP contribution in [0.5, 0.6) is 17.2 Å². The largest absolute Gasteiger partial charge is 0.457 e. The zero-order valence-electron chi connectivity index (χ0n) is 19.5. The van der Waals surface area contributed by atoms with Crippen molar-refractivity contribution >= 4 is 17.2 Å². The maximum absolute atomic E-state index is 13.2. The number of nitrogens with zero attached hydrogens (tertiary/aromatic N) is 5. The van der Waals surface area contributed by atoms with Gasteiger partial charge in [-0.1, -0.05) is 12.1 Å². The number of aromatic nitrogens is 5. The molecule has 2 aromatic carbocycles. The number of carbonyl (C=O) groups excluding carboxylic acids is 1. The van der Waals surface area contributed by atoms with E-state index in [1.165, 1.54) is 33.6 Å². The van der Waals surface area contributed by atoms with E-state index in [2.05, 4.69) is 20.5 Å². The Morgan fingerprint density at radius 2 is 1.95 bits per heavy atom. The quantitative estimate of drug-likeness (QED) is 0.324. The first-order chi connectivity index (χ1) is 17.9. The molecule has 0 aliphatic heterocycles. The van der Waals surface area contributed by atoms with Gasteiger partial charge in [0.25, 0.3) is 5.91 Å². The second-order valence-corrected chi connectivity index (χ2v) is 7.95. The van der Waals surface area contributed by atoms with Crippen molar-refractivity contribution in [3.8, 4) is 28.5 Å². The van der Waals surface area contributed by atoms with Crippen LogP contribution in [-0.4, -0.2) is 36.9 Å². The van der Waals surface area contributed by atoms with Crippen LogP contribution in [0.1, 0.15) is 15.9 Å². The molecule has 0 radical (unpaired) electrons. The van der Waals surface area contributed by atoms with E-state index >= 15 is 0 Å². The molecule has 10 nitrogen and oxygen atoms in total. The summed E-state index contributed by atoms with van der Waals surface area (Å²) in [6.45, 7) is -2.68. The molecule has 0 bridgehead atoms. The Balaban J connectivity index is 1.50. The van der Waals surface area contributed by atoms with E-state index in [4.69, 9.17) is 15.2 Å². The van der Waals surface area contributed by atoms with Crippen molar-refractivity contribution in [3.05, 3.63) is 84.4 Å². The predicted octanol–water partition coefficient (Wildman–Crippen LogP) is 4.23. The number of halogens is 2. The fourth-order valence-corrected chi connectivity index (χ4v) is 3.74. The molecule has 3 N–H and O–H groups in total. The number of nitrogens with two attached hydrogens (primary N) is 1. The van der Waals surface area contributed by atoms with Crippen molar-refractivity contribution in [2.75, 3.05) is 5.32 Å². The average molecular weight is 505 g/mol. The molecule has 5 aromatic rings. The minimum Gasteiger partial charge on any atom is -0.457 e. The fraction of sp³-hybridized carbons (Fsp3) is 0.120. The average Bonchev–Trinajstić information content (AvgIpc) is 3.48. The van der Waals surface area contributed by atoms with Gasteiger partial charge < -0.3 is 20.5 Å². The molecule has 37 heavy (non-hydrogen) atoms. The van der Waals surface area contributed by atoms with Crippen molar-refractivity contribution in [2.45, 2.75) is 13.2 Å². The van der Waals surface area contributed by atoms with Gasteiger partial charge in [-0.05, 0) is 42.0 Å². The number of hydrogen-bond donors (Lipinski definition) is 2. The molecule has 3 aromatic heterocycles. The number of carbonyl (C=O) groups is 1. The number of rotatable bonds is 8. The minimum absolute atomic E-state index is 0.132. The topological polar surface area (TPSA) is 122 Å². The highest BCUT2D eigenvalue weighted by Crippen LogP contribution is 2.38. The molecule has 0 unspecified atom stereocenters. The second kappa shape index (κ2) is 10.0. The summed E-state index contributed by atoms with van der Waals surface area (Å²) in [6, 6.07) is 13.2. The highest BCUT2D eigenvalue weighted by atomic mass is 19.3. The maximum Gasteiger partial charge on any atom is 0.387 e. The smallest absolute Gasteiger partial charge is 0.387 e. The summed E-state index contributed by atoms with van der Waals surface area (Å²) in [5, 5.41) is 11.3. The number of nitrogens with one attached hydrogen (secondary N) is 1. The van der Waals surface area contributed by atoms with Crippen LogP contribution in [0.25, 0.3) is 16.9 Å². The third-order valence-corrected chi connectivity index (χ3v) is 5.42. The Kier molecular flexibility index (Phi) is 6.47. The molecule has 3 heterocycles. The van der Waals surface area contributed by atoms with E-state index < -0.39 is 12.5 Å². The lowest BCUT2D eigenvalue weighted by atomic mass is 10.1. The number of hydrogen-bond acceptors (Lipinski definition) is 7. The molecule has 0 saturated heterocycles. The number of alkyl halides is 2. The van der Waals surface area contributed by atoms with Crippen LogP contribution in [0.3, 0.4) is 0 Å². The van der Waals surface area contributed by atoms with Gasteiger partial charge in [0.2, 0.25) is 0 Å². The lowest BCUT2D eigenvalue weighted by Crippen LogP contribution is -2.12. The molecule has 0 spiro atoms. The highest BCUT2D eigenvalue weighted by molar-refractivity contribution is 6.09. The van der Waals surface area contributed by atoms with Gasteiger partial charge in [0.1, 0.15) is 28.5 Å². The molecule has 0 fully saturated rings. The van der Waals surface area contributed by atoms with Crippen molar-refractivity contribution in [1.29, 1.82) is 0 Å². The number of aryl methyl sites for hydroxylation is 1. The van der Waals surface area contributed by atoms with Gasteiger partial charge >= 0.3 is 6.61 Å². The van der Waals surface area contributed by atoms with Crippen LogP contribution in [0.2, 0.25) is 0 Å². The van der Waals surface area contributed by atoms with Crippen LogP contribution < -0.4 is 20.5 Å². The third kappa shape index (κ3) is 5.09. The summed E-state index contributed by atoms with van der Waals surface area (Å²) in [5.41, 5.74) is 7.85. The zero-order chi connectivity index (χ0) is 25.9. The van der Waals surface area contributed by atoms with Crippen LogP contribution in [0, 0.1) is 0 Å². The molecule has 0 aliphatic carbocycles. The fourth-order valence-electron chi connectivity index (χ4n) is 3.74. The van der Waals surface area contributed by atoms with Crippen molar-refractivity contribution in [3.63, 3.8) is 0 Å². The number of amides is 1. The standard InChI is InChI=1S/C25H21F2N7O3/c1-33-14-20(31-24(35)19-13-30-34-10-2-9-29-23(19)34)22(32-33)18-11-17(7-8-21(18)37-25(26)27)36-16-5-3-15(12-28)4-6-16/h2-11,13-14,25H,12,28H2,1H3,(H,31,35). The first-order valence-corrected chi connectivity index (χ1v) is 11.1. The Bertz CT molecular complexity index is 1560. The summed E-state index contributed by atoms with van der Waals surface area (Å²) < 4.78 is 40.0. The summed E-state index contributed by atoms with van der Waals surface area (Å²) in [6.07, 6.45) is 6.16. The van der Waals surface area contributed by atoms with E-state index in [9.17, 15) is 13.6 Å². The normalized spacial score (nSPS) is 11.2. The molecule has 12 heteroatoms. The summed E-state index contributed by atoms with van der Waals surface area (Å²) in [5.74, 6) is 0.257. The van der Waals surface area contributed by atoms with Crippen molar-refractivity contribution < 1.29 is 23.0 Å². The number of fused-ring (bicyclic) bond motifs is 1. The van der Waals surface area contributed by atoms with Crippen LogP contribution in [0.4, 0.5) is 14.5 Å². The van der Waals surface area contributed by atoms with Crippen molar-refractivity contribution in [2.24, 2.45) is 12.8 Å². The van der Waals surface area contributed by atoms with Gasteiger partial charge in [0, 0.05) is 32.2 Å². The van der Waals surface area contributed by atoms with Gasteiger partial charge in [-0.15, -0.1) is 0 Å². The molecular weight excluding hydrogens is 484 g/mol. The highest BCUT2D eigenvalue weighted by Gasteiger charge is 2.22. The molecule has 0 saturated carbocycles. The SMILES string of the molecule is Cn1cc(NC(=O)c2cnn3cccnc23)c(-c2cc(Oc3ccc(CN)cc3)ccc2OC(F)F)n1. The third-order valence-electron chi connectivity index (χ3n) is 5.42. The Morgan fingerprint density at radius 1 is 1.16 bits per heavy atom. The molecule has 1 amide bonds. The first kappa shape index (κ1) is 23.9.